The molecule has 0 rings (SSSR count). The van der Waals surface area contributed by atoms with Crippen molar-refractivity contribution in [3.63, 3.8) is 0 Å². The molecule has 0 heterocycles. The fourth-order valence-corrected chi connectivity index (χ4v) is 1.13. The Morgan fingerprint density at radius 3 is 2.29 bits per heavy atom. The van der Waals surface area contributed by atoms with Crippen molar-refractivity contribution in [2.45, 2.75) is 20.3 Å². The molecule has 80 valence electrons. The zero-order valence-electron chi connectivity index (χ0n) is 7.96. The molecule has 0 fully saturated rings. The maximum Gasteiger partial charge on any atom is 2.00 e. The van der Waals surface area contributed by atoms with Gasteiger partial charge in [0.25, 0.3) is 0 Å². The van der Waals surface area contributed by atoms with E-state index in [1.165, 1.54) is 0 Å². The van der Waals surface area contributed by atoms with E-state index in [9.17, 15) is 0 Å². The van der Waals surface area contributed by atoms with Gasteiger partial charge in [-0.3, -0.25) is 0 Å². The first kappa shape index (κ1) is 24.4. The third-order valence-corrected chi connectivity index (χ3v) is 2.58. The standard InChI is InChI=1S/C6H11NS4.CH4.CH3.Zn/c1-11-6(10)7-4-2-3-5(8)9;;;/h2-4H2,1H3,(H,7,10)(H,8,9);1H4;1H3;/q;;-1;+2/p-1. The van der Waals surface area contributed by atoms with E-state index in [0.29, 0.717) is 4.20 Å². The normalized spacial score (nSPS) is 7.21. The Hall–Kier alpha value is 1.17. The molecule has 0 saturated heterocycles. The zero-order chi connectivity index (χ0) is 8.69. The Balaban J connectivity index is -0.000000167. The minimum Gasteiger partial charge on any atom is -0.433 e. The van der Waals surface area contributed by atoms with Crippen molar-refractivity contribution in [3.05, 3.63) is 7.43 Å². The van der Waals surface area contributed by atoms with Crippen molar-refractivity contribution >= 4 is 57.3 Å². The van der Waals surface area contributed by atoms with Gasteiger partial charge in [-0.2, -0.15) is 4.20 Å². The maximum absolute atomic E-state index is 4.93. The maximum atomic E-state index is 4.93. The molecular formula is C8H17NS4Zn. The van der Waals surface area contributed by atoms with Gasteiger partial charge in [0, 0.05) is 6.54 Å². The molecule has 0 aliphatic rings. The number of rotatable bonds is 4. The van der Waals surface area contributed by atoms with Gasteiger partial charge in [-0.05, 0) is 19.1 Å². The Morgan fingerprint density at radius 1 is 1.43 bits per heavy atom. The minimum atomic E-state index is 0. The van der Waals surface area contributed by atoms with Crippen LogP contribution in [0.1, 0.15) is 20.3 Å². The van der Waals surface area contributed by atoms with Crippen LogP contribution in [-0.4, -0.2) is 21.3 Å². The quantitative estimate of drug-likeness (QED) is 0.280. The fraction of sp³-hybridized carbons (Fsp3) is 0.625. The molecule has 0 aliphatic carbocycles. The average Bonchev–Trinajstić information content (AvgIpc) is 1.97. The summed E-state index contributed by atoms with van der Waals surface area (Å²) >= 11 is 16.0. The Morgan fingerprint density at radius 2 is 1.93 bits per heavy atom. The first-order chi connectivity index (χ1) is 5.16. The van der Waals surface area contributed by atoms with E-state index >= 15 is 0 Å². The predicted octanol–water partition coefficient (Wildman–Crippen LogP) is 2.96. The summed E-state index contributed by atoms with van der Waals surface area (Å²) in [6, 6.07) is 0. The summed E-state index contributed by atoms with van der Waals surface area (Å²) in [6.45, 7) is 0.871. The summed E-state index contributed by atoms with van der Waals surface area (Å²) in [5.74, 6) is 0. The average molecular weight is 321 g/mol. The van der Waals surface area contributed by atoms with Crippen LogP contribution in [0.5, 0.6) is 0 Å². The van der Waals surface area contributed by atoms with Crippen molar-refractivity contribution in [2.24, 2.45) is 0 Å². The summed E-state index contributed by atoms with van der Waals surface area (Å²) in [7, 11) is 0. The van der Waals surface area contributed by atoms with E-state index < -0.39 is 0 Å². The molecule has 0 unspecified atom stereocenters. The number of thiocarbonyl (C=S) groups is 2. The van der Waals surface area contributed by atoms with Crippen LogP contribution in [0.15, 0.2) is 0 Å². The summed E-state index contributed by atoms with van der Waals surface area (Å²) in [6.07, 6.45) is 3.75. The number of hydrogen-bond acceptors (Lipinski definition) is 4. The molecule has 6 heteroatoms. The van der Waals surface area contributed by atoms with E-state index in [-0.39, 0.29) is 34.3 Å². The zero-order valence-corrected chi connectivity index (χ0v) is 14.2. The third kappa shape index (κ3) is 18.9. The van der Waals surface area contributed by atoms with Crippen molar-refractivity contribution < 1.29 is 19.5 Å². The van der Waals surface area contributed by atoms with Crippen LogP contribution < -0.4 is 5.32 Å². The smallest absolute Gasteiger partial charge is 0.433 e. The monoisotopic (exact) mass is 319 g/mol. The van der Waals surface area contributed by atoms with Crippen molar-refractivity contribution in [3.8, 4) is 0 Å². The van der Waals surface area contributed by atoms with Crippen LogP contribution >= 0.6 is 36.2 Å². The van der Waals surface area contributed by atoms with Gasteiger partial charge in [-0.25, -0.2) is 0 Å². The minimum absolute atomic E-state index is 0. The van der Waals surface area contributed by atoms with Crippen LogP contribution in [0, 0.1) is 7.43 Å². The van der Waals surface area contributed by atoms with E-state index in [4.69, 9.17) is 37.1 Å². The van der Waals surface area contributed by atoms with Gasteiger partial charge < -0.3 is 37.6 Å². The predicted molar refractivity (Wildman–Crippen MR) is 76.5 cm³/mol. The molecule has 0 aromatic rings. The van der Waals surface area contributed by atoms with Gasteiger partial charge in [0.1, 0.15) is 4.32 Å². The van der Waals surface area contributed by atoms with E-state index in [2.05, 4.69) is 5.32 Å². The van der Waals surface area contributed by atoms with Gasteiger partial charge in [0.15, 0.2) is 0 Å². The molecule has 14 heavy (non-hydrogen) atoms. The molecule has 0 radical (unpaired) electrons. The van der Waals surface area contributed by atoms with Gasteiger partial charge in [-0.1, -0.05) is 19.6 Å². The number of nitrogens with one attached hydrogen (secondary N) is 1. The van der Waals surface area contributed by atoms with E-state index in [0.717, 1.165) is 23.7 Å². The van der Waals surface area contributed by atoms with Gasteiger partial charge in [0.2, 0.25) is 0 Å². The Bertz CT molecular complexity index is 152. The Kier molecular flexibility index (Phi) is 28.9. The summed E-state index contributed by atoms with van der Waals surface area (Å²) in [4.78, 5) is 0. The van der Waals surface area contributed by atoms with Crippen LogP contribution in [-0.2, 0) is 32.1 Å². The van der Waals surface area contributed by atoms with Crippen molar-refractivity contribution in [1.29, 1.82) is 0 Å². The molecule has 0 aliphatic heterocycles. The van der Waals surface area contributed by atoms with Gasteiger partial charge in [-0.15, -0.1) is 11.8 Å². The Labute approximate surface area is 122 Å². The molecular weight excluding hydrogens is 304 g/mol. The molecule has 0 atom stereocenters. The van der Waals surface area contributed by atoms with Crippen LogP contribution in [0.3, 0.4) is 0 Å². The molecule has 0 aromatic heterocycles. The first-order valence-corrected chi connectivity index (χ1v) is 5.63. The van der Waals surface area contributed by atoms with Gasteiger partial charge >= 0.3 is 19.5 Å². The summed E-state index contributed by atoms with van der Waals surface area (Å²) < 4.78 is 1.49. The largest absolute Gasteiger partial charge is 2.00 e. The van der Waals surface area contributed by atoms with E-state index in [1.54, 1.807) is 11.8 Å². The summed E-state index contributed by atoms with van der Waals surface area (Å²) in [5.41, 5.74) is 0. The number of thioether (sulfide) groups is 1. The fourth-order valence-electron chi connectivity index (χ4n) is 0.495. The molecule has 0 spiro atoms. The number of hydrogen-bond donors (Lipinski definition) is 1. The first-order valence-electron chi connectivity index (χ1n) is 3.18. The second-order valence-corrected chi connectivity index (χ2v) is 4.62. The molecule has 0 saturated carbocycles. The summed E-state index contributed by atoms with van der Waals surface area (Å²) in [5, 5.41) is 3.08. The molecule has 0 aromatic carbocycles. The second kappa shape index (κ2) is 16.6. The molecule has 0 bridgehead atoms. The van der Waals surface area contributed by atoms with Crippen LogP contribution in [0.2, 0.25) is 0 Å². The van der Waals surface area contributed by atoms with Crippen LogP contribution in [0.25, 0.3) is 0 Å². The van der Waals surface area contributed by atoms with E-state index in [1.807, 2.05) is 6.26 Å². The van der Waals surface area contributed by atoms with Crippen molar-refractivity contribution in [2.75, 3.05) is 12.8 Å². The van der Waals surface area contributed by atoms with Gasteiger partial charge in [0.05, 0.1) is 0 Å². The molecule has 0 amide bonds. The molecule has 1 N–H and O–H groups in total. The van der Waals surface area contributed by atoms with Crippen molar-refractivity contribution in [1.82, 2.24) is 5.32 Å². The van der Waals surface area contributed by atoms with Crippen LogP contribution in [0.4, 0.5) is 0 Å². The molecule has 1 nitrogen and oxygen atoms in total. The second-order valence-electron chi connectivity index (χ2n) is 1.89. The topological polar surface area (TPSA) is 12.0 Å². The SMILES string of the molecule is C.CSC(=S)NCCCC(=S)[S-].[CH3-].[Zn+2]. The third-order valence-electron chi connectivity index (χ3n) is 1.01.